The summed E-state index contributed by atoms with van der Waals surface area (Å²) in [6, 6.07) is 10.6. The van der Waals surface area contributed by atoms with Gasteiger partial charge < -0.3 is 5.32 Å². The highest BCUT2D eigenvalue weighted by molar-refractivity contribution is 7.09. The summed E-state index contributed by atoms with van der Waals surface area (Å²) in [5, 5.41) is 7.99. The molecule has 1 N–H and O–H groups in total. The zero-order chi connectivity index (χ0) is 13.9. The number of nitrogens with zero attached hydrogens (tertiary/aromatic N) is 2. The van der Waals surface area contributed by atoms with Crippen LogP contribution in [-0.2, 0) is 6.54 Å². The van der Waals surface area contributed by atoms with E-state index < -0.39 is 0 Å². The van der Waals surface area contributed by atoms with Gasteiger partial charge in [0.2, 0.25) is 0 Å². The highest BCUT2D eigenvalue weighted by Gasteiger charge is 2.09. The van der Waals surface area contributed by atoms with Gasteiger partial charge in [-0.25, -0.2) is 4.98 Å². The summed E-state index contributed by atoms with van der Waals surface area (Å²) < 4.78 is 0. The summed E-state index contributed by atoms with van der Waals surface area (Å²) in [6.45, 7) is 5.01. The van der Waals surface area contributed by atoms with Crippen molar-refractivity contribution in [2.75, 3.05) is 0 Å². The lowest BCUT2D eigenvalue weighted by Crippen LogP contribution is -2.18. The summed E-state index contributed by atoms with van der Waals surface area (Å²) in [4.78, 5) is 8.92. The van der Waals surface area contributed by atoms with Gasteiger partial charge in [0.05, 0.1) is 11.6 Å². The van der Waals surface area contributed by atoms with Crippen LogP contribution in [-0.4, -0.2) is 9.97 Å². The van der Waals surface area contributed by atoms with Crippen LogP contribution in [0.4, 0.5) is 0 Å². The Morgan fingerprint density at radius 3 is 2.90 bits per heavy atom. The Hall–Kier alpha value is -1.78. The van der Waals surface area contributed by atoms with Gasteiger partial charge in [0.25, 0.3) is 0 Å². The second-order valence-electron chi connectivity index (χ2n) is 4.92. The van der Waals surface area contributed by atoms with Crippen molar-refractivity contribution >= 4 is 22.2 Å². The fourth-order valence-corrected chi connectivity index (χ4v) is 3.06. The van der Waals surface area contributed by atoms with Gasteiger partial charge in [-0.15, -0.1) is 11.3 Å². The van der Waals surface area contributed by atoms with E-state index in [2.05, 4.69) is 45.8 Å². The summed E-state index contributed by atoms with van der Waals surface area (Å²) in [6.07, 6.45) is 1.87. The van der Waals surface area contributed by atoms with Crippen LogP contribution in [0.15, 0.2) is 41.9 Å². The quantitative estimate of drug-likeness (QED) is 0.790. The van der Waals surface area contributed by atoms with Gasteiger partial charge in [-0.05, 0) is 31.5 Å². The van der Waals surface area contributed by atoms with E-state index in [9.17, 15) is 0 Å². The SMILES string of the molecule is Cc1csc(C(C)NCc2ccnc3ccccc23)n1. The first-order valence-corrected chi connectivity index (χ1v) is 7.60. The zero-order valence-corrected chi connectivity index (χ0v) is 12.4. The summed E-state index contributed by atoms with van der Waals surface area (Å²) in [5.74, 6) is 0. The molecule has 0 spiro atoms. The third-order valence-electron chi connectivity index (χ3n) is 3.35. The van der Waals surface area contributed by atoms with Crippen LogP contribution < -0.4 is 5.32 Å². The number of rotatable bonds is 4. The zero-order valence-electron chi connectivity index (χ0n) is 11.6. The molecule has 4 heteroatoms. The Kier molecular flexibility index (Phi) is 3.76. The van der Waals surface area contributed by atoms with Crippen molar-refractivity contribution in [3.8, 4) is 0 Å². The number of pyridine rings is 1. The van der Waals surface area contributed by atoms with Crippen LogP contribution >= 0.6 is 11.3 Å². The second kappa shape index (κ2) is 5.69. The fourth-order valence-electron chi connectivity index (χ4n) is 2.23. The maximum atomic E-state index is 4.53. The minimum Gasteiger partial charge on any atom is -0.304 e. The summed E-state index contributed by atoms with van der Waals surface area (Å²) >= 11 is 1.71. The van der Waals surface area contributed by atoms with Gasteiger partial charge in [0.15, 0.2) is 0 Å². The molecule has 0 radical (unpaired) electrons. The summed E-state index contributed by atoms with van der Waals surface area (Å²) in [7, 11) is 0. The molecule has 3 rings (SSSR count). The first-order valence-electron chi connectivity index (χ1n) is 6.72. The molecule has 102 valence electrons. The van der Waals surface area contributed by atoms with Crippen molar-refractivity contribution in [3.63, 3.8) is 0 Å². The molecule has 0 aliphatic carbocycles. The van der Waals surface area contributed by atoms with Crippen molar-refractivity contribution in [1.82, 2.24) is 15.3 Å². The molecule has 0 fully saturated rings. The number of benzene rings is 1. The number of aryl methyl sites for hydroxylation is 1. The predicted molar refractivity (Wildman–Crippen MR) is 83.8 cm³/mol. The van der Waals surface area contributed by atoms with Crippen LogP contribution in [0.2, 0.25) is 0 Å². The Morgan fingerprint density at radius 2 is 2.10 bits per heavy atom. The van der Waals surface area contributed by atoms with Crippen LogP contribution in [0, 0.1) is 6.92 Å². The van der Waals surface area contributed by atoms with Gasteiger partial charge in [0.1, 0.15) is 5.01 Å². The molecule has 0 bridgehead atoms. The van der Waals surface area contributed by atoms with Crippen LogP contribution in [0.5, 0.6) is 0 Å². The fraction of sp³-hybridized carbons (Fsp3) is 0.250. The molecular weight excluding hydrogens is 266 g/mol. The normalized spacial score (nSPS) is 12.7. The maximum Gasteiger partial charge on any atom is 0.110 e. The molecule has 0 saturated heterocycles. The third-order valence-corrected chi connectivity index (χ3v) is 4.49. The van der Waals surface area contributed by atoms with E-state index in [0.29, 0.717) is 0 Å². The Labute approximate surface area is 122 Å². The van der Waals surface area contributed by atoms with E-state index >= 15 is 0 Å². The number of hydrogen-bond acceptors (Lipinski definition) is 4. The van der Waals surface area contributed by atoms with E-state index in [1.807, 2.05) is 25.3 Å². The minimum absolute atomic E-state index is 0.264. The van der Waals surface area contributed by atoms with Crippen molar-refractivity contribution < 1.29 is 0 Å². The summed E-state index contributed by atoms with van der Waals surface area (Å²) in [5.41, 5.74) is 3.41. The Balaban J connectivity index is 1.77. The largest absolute Gasteiger partial charge is 0.304 e. The van der Waals surface area contributed by atoms with E-state index in [4.69, 9.17) is 0 Å². The standard InChI is InChI=1S/C16H17N3S/c1-11-10-20-16(19-11)12(2)18-9-13-7-8-17-15-6-4-3-5-14(13)15/h3-8,10,12,18H,9H2,1-2H3. The van der Waals surface area contributed by atoms with Gasteiger partial charge >= 0.3 is 0 Å². The smallest absolute Gasteiger partial charge is 0.110 e. The van der Waals surface area contributed by atoms with Gasteiger partial charge in [0, 0.05) is 29.2 Å². The molecule has 20 heavy (non-hydrogen) atoms. The molecule has 0 aliphatic heterocycles. The number of hydrogen-bond donors (Lipinski definition) is 1. The van der Waals surface area contributed by atoms with Gasteiger partial charge in [-0.2, -0.15) is 0 Å². The van der Waals surface area contributed by atoms with Crippen molar-refractivity contribution in [1.29, 1.82) is 0 Å². The lowest BCUT2D eigenvalue weighted by atomic mass is 10.1. The molecule has 2 aromatic heterocycles. The molecule has 1 unspecified atom stereocenters. The van der Waals surface area contributed by atoms with Crippen LogP contribution in [0.3, 0.4) is 0 Å². The molecule has 3 nitrogen and oxygen atoms in total. The highest BCUT2D eigenvalue weighted by Crippen LogP contribution is 2.20. The Bertz CT molecular complexity index is 715. The predicted octanol–water partition coefficient (Wildman–Crippen LogP) is 3.85. The molecule has 0 amide bonds. The van der Waals surface area contributed by atoms with Gasteiger partial charge in [-0.3, -0.25) is 4.98 Å². The molecule has 1 atom stereocenters. The lowest BCUT2D eigenvalue weighted by molar-refractivity contribution is 0.572. The third kappa shape index (κ3) is 2.71. The first kappa shape index (κ1) is 13.2. The van der Waals surface area contributed by atoms with Crippen LogP contribution in [0.25, 0.3) is 10.9 Å². The molecule has 3 aromatic rings. The number of nitrogens with one attached hydrogen (secondary N) is 1. The first-order chi connectivity index (χ1) is 9.74. The van der Waals surface area contributed by atoms with Crippen molar-refractivity contribution in [3.05, 3.63) is 58.2 Å². The van der Waals surface area contributed by atoms with E-state index in [1.165, 1.54) is 10.9 Å². The van der Waals surface area contributed by atoms with E-state index in [1.54, 1.807) is 11.3 Å². The average Bonchev–Trinajstić information content (AvgIpc) is 2.91. The second-order valence-corrected chi connectivity index (χ2v) is 5.81. The Morgan fingerprint density at radius 1 is 1.25 bits per heavy atom. The van der Waals surface area contributed by atoms with E-state index in [-0.39, 0.29) is 6.04 Å². The molecule has 1 aromatic carbocycles. The molecule has 0 aliphatic rings. The maximum absolute atomic E-state index is 4.53. The van der Waals surface area contributed by atoms with Crippen molar-refractivity contribution in [2.45, 2.75) is 26.4 Å². The molecule has 0 saturated carbocycles. The topological polar surface area (TPSA) is 37.8 Å². The lowest BCUT2D eigenvalue weighted by Gasteiger charge is -2.12. The minimum atomic E-state index is 0.264. The van der Waals surface area contributed by atoms with Crippen LogP contribution in [0.1, 0.15) is 29.2 Å². The van der Waals surface area contributed by atoms with Gasteiger partial charge in [-0.1, -0.05) is 18.2 Å². The number of fused-ring (bicyclic) bond motifs is 1. The number of aromatic nitrogens is 2. The number of para-hydroxylation sites is 1. The average molecular weight is 283 g/mol. The number of thiazole rings is 1. The highest BCUT2D eigenvalue weighted by atomic mass is 32.1. The monoisotopic (exact) mass is 283 g/mol. The molecular formula is C16H17N3S. The molecule has 2 heterocycles. The van der Waals surface area contributed by atoms with Crippen molar-refractivity contribution in [2.24, 2.45) is 0 Å². The van der Waals surface area contributed by atoms with E-state index in [0.717, 1.165) is 22.8 Å².